The van der Waals surface area contributed by atoms with E-state index in [1.165, 1.54) is 32.1 Å². The number of aromatic nitrogens is 2. The van der Waals surface area contributed by atoms with Gasteiger partial charge in [0.05, 0.1) is 23.1 Å². The lowest BCUT2D eigenvalue weighted by molar-refractivity contribution is 0.594. The molecule has 4 nitrogen and oxygen atoms in total. The number of unbranched alkanes of at least 4 members (excludes halogenated alkanes) is 3. The highest BCUT2D eigenvalue weighted by molar-refractivity contribution is 5.88. The Morgan fingerprint density at radius 1 is 1.32 bits per heavy atom. The van der Waals surface area contributed by atoms with Crippen LogP contribution in [-0.2, 0) is 0 Å². The highest BCUT2D eigenvalue weighted by Crippen LogP contribution is 2.25. The van der Waals surface area contributed by atoms with Gasteiger partial charge in [0, 0.05) is 11.4 Å². The number of anilines is 2. The van der Waals surface area contributed by atoms with Gasteiger partial charge in [-0.2, -0.15) is 5.10 Å². The van der Waals surface area contributed by atoms with Gasteiger partial charge in [0.25, 0.3) is 0 Å². The molecule has 2 rings (SSSR count). The lowest BCUT2D eigenvalue weighted by Crippen LogP contribution is -2.16. The Bertz CT molecular complexity index is 518. The molecule has 0 aliphatic heterocycles. The fraction of sp³-hybridized carbons (Fsp3) is 0.533. The lowest BCUT2D eigenvalue weighted by Gasteiger charge is -2.16. The number of hydrogen-bond acceptors (Lipinski definition) is 3. The smallest absolute Gasteiger partial charge is 0.0672 e. The number of aromatic amines is 1. The second kappa shape index (κ2) is 6.45. The number of nitrogen functional groups attached to an aromatic ring is 1. The second-order valence-electron chi connectivity index (χ2n) is 5.29. The number of benzene rings is 1. The average Bonchev–Trinajstić information content (AvgIpc) is 2.82. The van der Waals surface area contributed by atoms with Gasteiger partial charge in [-0.1, -0.05) is 32.6 Å². The van der Waals surface area contributed by atoms with Crippen molar-refractivity contribution in [3.8, 4) is 0 Å². The van der Waals surface area contributed by atoms with Gasteiger partial charge in [0.2, 0.25) is 0 Å². The molecule has 0 saturated heterocycles. The number of H-pyrrole nitrogens is 1. The lowest BCUT2D eigenvalue weighted by atomic mass is 10.1. The molecule has 1 unspecified atom stereocenters. The van der Waals surface area contributed by atoms with Crippen LogP contribution in [0.3, 0.4) is 0 Å². The van der Waals surface area contributed by atoms with Crippen molar-refractivity contribution in [3.05, 3.63) is 18.3 Å². The van der Waals surface area contributed by atoms with Gasteiger partial charge in [-0.25, -0.2) is 0 Å². The molecular formula is C15H24N4. The van der Waals surface area contributed by atoms with Gasteiger partial charge in [-0.05, 0) is 25.5 Å². The number of rotatable bonds is 7. The van der Waals surface area contributed by atoms with E-state index in [-0.39, 0.29) is 0 Å². The molecule has 104 valence electrons. The van der Waals surface area contributed by atoms with E-state index in [1.807, 2.05) is 12.1 Å². The van der Waals surface area contributed by atoms with Crippen LogP contribution in [0.5, 0.6) is 0 Å². The van der Waals surface area contributed by atoms with E-state index in [4.69, 9.17) is 5.73 Å². The molecule has 0 aliphatic carbocycles. The van der Waals surface area contributed by atoms with Crippen molar-refractivity contribution in [2.24, 2.45) is 0 Å². The summed E-state index contributed by atoms with van der Waals surface area (Å²) in [5, 5.41) is 11.5. The summed E-state index contributed by atoms with van der Waals surface area (Å²) in [6.07, 6.45) is 8.18. The minimum absolute atomic E-state index is 0.444. The summed E-state index contributed by atoms with van der Waals surface area (Å²) in [7, 11) is 0. The summed E-state index contributed by atoms with van der Waals surface area (Å²) < 4.78 is 0. The summed E-state index contributed by atoms with van der Waals surface area (Å²) >= 11 is 0. The normalized spacial score (nSPS) is 12.7. The molecular weight excluding hydrogens is 236 g/mol. The van der Waals surface area contributed by atoms with Crippen molar-refractivity contribution in [3.63, 3.8) is 0 Å². The molecule has 0 aliphatic rings. The second-order valence-corrected chi connectivity index (χ2v) is 5.29. The third kappa shape index (κ3) is 3.63. The predicted molar refractivity (Wildman–Crippen MR) is 82.3 cm³/mol. The Labute approximate surface area is 114 Å². The van der Waals surface area contributed by atoms with Crippen molar-refractivity contribution in [1.82, 2.24) is 10.2 Å². The Balaban J connectivity index is 1.94. The molecule has 0 saturated carbocycles. The van der Waals surface area contributed by atoms with E-state index in [0.717, 1.165) is 22.3 Å². The molecule has 1 aromatic heterocycles. The Hall–Kier alpha value is -1.71. The number of hydrogen-bond donors (Lipinski definition) is 3. The number of nitrogens with two attached hydrogens (primary N) is 1. The Kier molecular flexibility index (Phi) is 4.66. The molecule has 0 amide bonds. The highest BCUT2D eigenvalue weighted by Gasteiger charge is 2.07. The minimum atomic E-state index is 0.444. The topological polar surface area (TPSA) is 66.7 Å². The third-order valence-corrected chi connectivity index (χ3v) is 3.50. The van der Waals surface area contributed by atoms with Gasteiger partial charge in [0.1, 0.15) is 0 Å². The average molecular weight is 260 g/mol. The summed E-state index contributed by atoms with van der Waals surface area (Å²) in [4.78, 5) is 0. The summed E-state index contributed by atoms with van der Waals surface area (Å²) in [6.45, 7) is 4.45. The maximum absolute atomic E-state index is 6.07. The quantitative estimate of drug-likeness (QED) is 0.522. The van der Waals surface area contributed by atoms with E-state index in [0.29, 0.717) is 6.04 Å². The molecule has 1 heterocycles. The molecule has 0 radical (unpaired) electrons. The van der Waals surface area contributed by atoms with E-state index < -0.39 is 0 Å². The first-order chi connectivity index (χ1) is 9.20. The van der Waals surface area contributed by atoms with Crippen LogP contribution >= 0.6 is 0 Å². The monoisotopic (exact) mass is 260 g/mol. The maximum atomic E-state index is 6.07. The van der Waals surface area contributed by atoms with Crippen LogP contribution in [0.4, 0.5) is 11.4 Å². The SMILES string of the molecule is CCCCCCC(C)Nc1cc2[nH]ncc2cc1N. The van der Waals surface area contributed by atoms with Crippen LogP contribution in [0.15, 0.2) is 18.3 Å². The van der Waals surface area contributed by atoms with Gasteiger partial charge >= 0.3 is 0 Å². The molecule has 2 aromatic rings. The third-order valence-electron chi connectivity index (χ3n) is 3.50. The minimum Gasteiger partial charge on any atom is -0.397 e. The first-order valence-electron chi connectivity index (χ1n) is 7.20. The molecule has 19 heavy (non-hydrogen) atoms. The summed E-state index contributed by atoms with van der Waals surface area (Å²) in [5.41, 5.74) is 8.88. The zero-order valence-corrected chi connectivity index (χ0v) is 11.9. The molecule has 0 fully saturated rings. The first kappa shape index (κ1) is 13.7. The van der Waals surface area contributed by atoms with Crippen molar-refractivity contribution < 1.29 is 0 Å². The van der Waals surface area contributed by atoms with E-state index in [1.54, 1.807) is 6.20 Å². The summed E-state index contributed by atoms with van der Waals surface area (Å²) in [5.74, 6) is 0. The van der Waals surface area contributed by atoms with Crippen molar-refractivity contribution in [1.29, 1.82) is 0 Å². The van der Waals surface area contributed by atoms with Crippen LogP contribution in [0.1, 0.15) is 46.0 Å². The number of fused-ring (bicyclic) bond motifs is 1. The molecule has 1 atom stereocenters. The van der Waals surface area contributed by atoms with Crippen molar-refractivity contribution in [2.75, 3.05) is 11.1 Å². The van der Waals surface area contributed by atoms with E-state index in [9.17, 15) is 0 Å². The van der Waals surface area contributed by atoms with Crippen LogP contribution in [0, 0.1) is 0 Å². The predicted octanol–water partition coefficient (Wildman–Crippen LogP) is 3.92. The highest BCUT2D eigenvalue weighted by atomic mass is 15.1. The van der Waals surface area contributed by atoms with Crippen molar-refractivity contribution >= 4 is 22.3 Å². The first-order valence-corrected chi connectivity index (χ1v) is 7.20. The van der Waals surface area contributed by atoms with Gasteiger partial charge in [-0.15, -0.1) is 0 Å². The fourth-order valence-corrected chi connectivity index (χ4v) is 2.35. The Morgan fingerprint density at radius 2 is 2.16 bits per heavy atom. The fourth-order valence-electron chi connectivity index (χ4n) is 2.35. The van der Waals surface area contributed by atoms with Crippen LogP contribution in [0.25, 0.3) is 10.9 Å². The molecule has 1 aromatic carbocycles. The zero-order chi connectivity index (χ0) is 13.7. The van der Waals surface area contributed by atoms with Gasteiger partial charge in [0.15, 0.2) is 0 Å². The molecule has 0 bridgehead atoms. The van der Waals surface area contributed by atoms with Gasteiger partial charge < -0.3 is 11.1 Å². The van der Waals surface area contributed by atoms with Crippen LogP contribution < -0.4 is 11.1 Å². The standard InChI is InChI=1S/C15H24N4/c1-3-4-5-6-7-11(2)18-15-9-14-12(8-13(15)16)10-17-19-14/h8-11,18H,3-7,16H2,1-2H3,(H,17,19). The largest absolute Gasteiger partial charge is 0.397 e. The molecule has 0 spiro atoms. The molecule has 4 N–H and O–H groups in total. The van der Waals surface area contributed by atoms with Crippen LogP contribution in [-0.4, -0.2) is 16.2 Å². The van der Waals surface area contributed by atoms with Gasteiger partial charge in [-0.3, -0.25) is 5.10 Å². The van der Waals surface area contributed by atoms with Crippen molar-refractivity contribution in [2.45, 2.75) is 52.0 Å². The Morgan fingerprint density at radius 3 is 2.95 bits per heavy atom. The van der Waals surface area contributed by atoms with E-state index >= 15 is 0 Å². The van der Waals surface area contributed by atoms with Crippen LogP contribution in [0.2, 0.25) is 0 Å². The number of nitrogens with zero attached hydrogens (tertiary/aromatic N) is 1. The zero-order valence-electron chi connectivity index (χ0n) is 11.9. The van der Waals surface area contributed by atoms with E-state index in [2.05, 4.69) is 29.4 Å². The maximum Gasteiger partial charge on any atom is 0.0672 e. The summed E-state index contributed by atoms with van der Waals surface area (Å²) in [6, 6.07) is 4.45. The molecule has 4 heteroatoms. The number of nitrogens with one attached hydrogen (secondary N) is 2.